The number of imidazole rings is 1. The molecular weight excluding hydrogens is 413 g/mol. The molecular formula is C24H22FN3O4. The fourth-order valence-corrected chi connectivity index (χ4v) is 3.88. The molecule has 32 heavy (non-hydrogen) atoms. The molecule has 3 aromatic rings. The van der Waals surface area contributed by atoms with E-state index in [1.807, 2.05) is 4.57 Å². The fourth-order valence-electron chi connectivity index (χ4n) is 3.88. The van der Waals surface area contributed by atoms with Crippen molar-refractivity contribution in [2.75, 3.05) is 13.7 Å². The molecule has 0 unspecified atom stereocenters. The van der Waals surface area contributed by atoms with Crippen LogP contribution in [0.5, 0.6) is 5.75 Å². The van der Waals surface area contributed by atoms with Crippen LogP contribution in [-0.4, -0.2) is 44.9 Å². The van der Waals surface area contributed by atoms with Crippen LogP contribution < -0.4 is 4.74 Å². The maximum Gasteiger partial charge on any atom is 0.295 e. The van der Waals surface area contributed by atoms with Crippen molar-refractivity contribution in [1.82, 2.24) is 14.5 Å². The third-order valence-corrected chi connectivity index (χ3v) is 5.48. The number of ketones is 1. The van der Waals surface area contributed by atoms with Gasteiger partial charge in [0.1, 0.15) is 17.3 Å². The van der Waals surface area contributed by atoms with Crippen LogP contribution in [0.1, 0.15) is 23.6 Å². The Balaban J connectivity index is 1.74. The van der Waals surface area contributed by atoms with Gasteiger partial charge in [-0.3, -0.25) is 9.59 Å². The maximum absolute atomic E-state index is 14.8. The molecule has 0 aliphatic carbocycles. The van der Waals surface area contributed by atoms with E-state index in [1.165, 1.54) is 30.2 Å². The third-order valence-electron chi connectivity index (χ3n) is 5.48. The number of methoxy groups -OCH3 is 1. The number of hydrogen-bond donors (Lipinski definition) is 1. The lowest BCUT2D eigenvalue weighted by molar-refractivity contribution is -0.140. The van der Waals surface area contributed by atoms with Gasteiger partial charge in [-0.05, 0) is 36.8 Å². The second kappa shape index (κ2) is 9.05. The van der Waals surface area contributed by atoms with Gasteiger partial charge in [0.05, 0.1) is 25.1 Å². The Morgan fingerprint density at radius 3 is 2.53 bits per heavy atom. The standard InChI is InChI=1S/C24H22FN3O4/c1-32-17-9-7-16(8-10-17)22(29)20-21(18-5-2-3-6-19(18)25)28(24(31)23(20)30)13-4-12-27-14-11-26-15-27/h2-3,5-11,14-15,21,29H,4,12-13H2,1H3/t21-/m1/s1. The number of aromatic nitrogens is 2. The summed E-state index contributed by atoms with van der Waals surface area (Å²) in [5.41, 5.74) is 0.362. The Kier molecular flexibility index (Phi) is 6.02. The highest BCUT2D eigenvalue weighted by atomic mass is 19.1. The number of benzene rings is 2. The molecule has 4 rings (SSSR count). The normalized spacial score (nSPS) is 17.7. The lowest BCUT2D eigenvalue weighted by Crippen LogP contribution is -2.31. The lowest BCUT2D eigenvalue weighted by atomic mass is 9.95. The zero-order valence-corrected chi connectivity index (χ0v) is 17.4. The van der Waals surface area contributed by atoms with E-state index in [4.69, 9.17) is 4.74 Å². The van der Waals surface area contributed by atoms with E-state index in [-0.39, 0.29) is 23.4 Å². The SMILES string of the molecule is COc1ccc(C(O)=C2C(=O)C(=O)N(CCCn3ccnc3)[C@@H]2c2ccccc2F)cc1. The summed E-state index contributed by atoms with van der Waals surface area (Å²) in [5.74, 6) is -1.93. The van der Waals surface area contributed by atoms with E-state index in [0.717, 1.165) is 0 Å². The van der Waals surface area contributed by atoms with Crippen LogP contribution >= 0.6 is 0 Å². The van der Waals surface area contributed by atoms with Crippen molar-refractivity contribution in [1.29, 1.82) is 0 Å². The first-order chi connectivity index (χ1) is 15.5. The smallest absolute Gasteiger partial charge is 0.295 e. The number of aliphatic hydroxyl groups is 1. The Morgan fingerprint density at radius 1 is 1.12 bits per heavy atom. The molecule has 2 heterocycles. The van der Waals surface area contributed by atoms with E-state index in [9.17, 15) is 19.1 Å². The molecule has 1 aliphatic rings. The number of carbonyl (C=O) groups excluding carboxylic acids is 2. The number of likely N-dealkylation sites (tertiary alicyclic amines) is 1. The van der Waals surface area contributed by atoms with Gasteiger partial charge in [-0.1, -0.05) is 18.2 Å². The highest BCUT2D eigenvalue weighted by molar-refractivity contribution is 6.46. The zero-order valence-electron chi connectivity index (χ0n) is 17.4. The van der Waals surface area contributed by atoms with Crippen LogP contribution in [0.15, 0.2) is 72.8 Å². The van der Waals surface area contributed by atoms with Crippen molar-refractivity contribution in [3.8, 4) is 5.75 Å². The molecule has 0 bridgehead atoms. The highest BCUT2D eigenvalue weighted by Gasteiger charge is 2.46. The molecule has 8 heteroatoms. The Hall–Kier alpha value is -3.94. The Morgan fingerprint density at radius 2 is 1.88 bits per heavy atom. The van der Waals surface area contributed by atoms with Crippen LogP contribution in [0.4, 0.5) is 4.39 Å². The summed E-state index contributed by atoms with van der Waals surface area (Å²) in [6, 6.07) is 11.4. The molecule has 0 radical (unpaired) electrons. The molecule has 1 aromatic heterocycles. The topological polar surface area (TPSA) is 84.7 Å². The predicted octanol–water partition coefficient (Wildman–Crippen LogP) is 3.54. The molecule has 1 N–H and O–H groups in total. The molecule has 7 nitrogen and oxygen atoms in total. The molecule has 2 aromatic carbocycles. The largest absolute Gasteiger partial charge is 0.507 e. The number of aryl methyl sites for hydroxylation is 1. The molecule has 0 saturated carbocycles. The molecule has 1 aliphatic heterocycles. The van der Waals surface area contributed by atoms with Gasteiger partial charge in [-0.2, -0.15) is 0 Å². The Bertz CT molecular complexity index is 1160. The van der Waals surface area contributed by atoms with Crippen molar-refractivity contribution in [2.45, 2.75) is 19.0 Å². The van der Waals surface area contributed by atoms with E-state index in [1.54, 1.807) is 49.1 Å². The van der Waals surface area contributed by atoms with Crippen LogP contribution in [0, 0.1) is 5.82 Å². The van der Waals surface area contributed by atoms with Crippen LogP contribution in [-0.2, 0) is 16.1 Å². The first-order valence-electron chi connectivity index (χ1n) is 10.1. The van der Waals surface area contributed by atoms with Crippen LogP contribution in [0.25, 0.3) is 5.76 Å². The first kappa shape index (κ1) is 21.3. The van der Waals surface area contributed by atoms with Gasteiger partial charge >= 0.3 is 0 Å². The molecule has 1 atom stereocenters. The number of halogens is 1. The summed E-state index contributed by atoms with van der Waals surface area (Å²) in [7, 11) is 1.52. The number of nitrogens with zero attached hydrogens (tertiary/aromatic N) is 3. The summed E-state index contributed by atoms with van der Waals surface area (Å²) in [5, 5.41) is 11.0. The highest BCUT2D eigenvalue weighted by Crippen LogP contribution is 2.40. The molecule has 1 saturated heterocycles. The van der Waals surface area contributed by atoms with E-state index < -0.39 is 23.5 Å². The number of Topliss-reactive ketones (excluding diaryl/α,β-unsaturated/α-hetero) is 1. The molecule has 0 spiro atoms. The maximum atomic E-state index is 14.8. The number of carbonyl (C=O) groups is 2. The van der Waals surface area contributed by atoms with Crippen molar-refractivity contribution in [3.05, 3.63) is 89.8 Å². The molecule has 1 amide bonds. The van der Waals surface area contributed by atoms with Crippen molar-refractivity contribution in [2.24, 2.45) is 0 Å². The third kappa shape index (κ3) is 3.99. The zero-order chi connectivity index (χ0) is 22.7. The summed E-state index contributed by atoms with van der Waals surface area (Å²) in [4.78, 5) is 31.2. The first-order valence-corrected chi connectivity index (χ1v) is 10.1. The van der Waals surface area contributed by atoms with Gasteiger partial charge in [0.25, 0.3) is 11.7 Å². The van der Waals surface area contributed by atoms with Gasteiger partial charge in [-0.25, -0.2) is 9.37 Å². The van der Waals surface area contributed by atoms with Gasteiger partial charge in [0, 0.05) is 36.6 Å². The van der Waals surface area contributed by atoms with Crippen molar-refractivity contribution < 1.29 is 23.8 Å². The van der Waals surface area contributed by atoms with Crippen LogP contribution in [0.2, 0.25) is 0 Å². The van der Waals surface area contributed by atoms with Crippen LogP contribution in [0.3, 0.4) is 0 Å². The summed E-state index contributed by atoms with van der Waals surface area (Å²) in [6.07, 6.45) is 5.63. The predicted molar refractivity (Wildman–Crippen MR) is 115 cm³/mol. The molecule has 164 valence electrons. The quantitative estimate of drug-likeness (QED) is 0.349. The number of amides is 1. The monoisotopic (exact) mass is 435 g/mol. The van der Waals surface area contributed by atoms with Crippen molar-refractivity contribution >= 4 is 17.4 Å². The second-order valence-corrected chi connectivity index (χ2v) is 7.40. The number of hydrogen-bond acceptors (Lipinski definition) is 5. The molecule has 1 fully saturated rings. The lowest BCUT2D eigenvalue weighted by Gasteiger charge is -2.25. The minimum atomic E-state index is -1.03. The van der Waals surface area contributed by atoms with E-state index in [2.05, 4.69) is 4.98 Å². The van der Waals surface area contributed by atoms with Crippen molar-refractivity contribution in [3.63, 3.8) is 0 Å². The minimum Gasteiger partial charge on any atom is -0.507 e. The van der Waals surface area contributed by atoms with E-state index in [0.29, 0.717) is 24.3 Å². The average Bonchev–Trinajstić information content (AvgIpc) is 3.41. The van der Waals surface area contributed by atoms with Gasteiger partial charge in [0.15, 0.2) is 0 Å². The Labute approximate surface area is 184 Å². The minimum absolute atomic E-state index is 0.132. The van der Waals surface area contributed by atoms with Gasteiger partial charge < -0.3 is 19.3 Å². The summed E-state index contributed by atoms with van der Waals surface area (Å²) >= 11 is 0. The van der Waals surface area contributed by atoms with Gasteiger partial charge in [-0.15, -0.1) is 0 Å². The van der Waals surface area contributed by atoms with Gasteiger partial charge in [0.2, 0.25) is 0 Å². The summed E-state index contributed by atoms with van der Waals surface area (Å²) < 4.78 is 21.8. The van der Waals surface area contributed by atoms with E-state index >= 15 is 0 Å². The number of ether oxygens (including phenoxy) is 1. The fraction of sp³-hybridized carbons (Fsp3) is 0.208. The summed E-state index contributed by atoms with van der Waals surface area (Å²) in [6.45, 7) is 0.784. The second-order valence-electron chi connectivity index (χ2n) is 7.40. The number of aliphatic hydroxyl groups excluding tert-OH is 1. The average molecular weight is 435 g/mol. The number of rotatable bonds is 7.